The van der Waals surface area contributed by atoms with Gasteiger partial charge >= 0.3 is 11.9 Å². The number of aromatic nitrogens is 2. The van der Waals surface area contributed by atoms with Crippen LogP contribution in [0.4, 0.5) is 0 Å². The van der Waals surface area contributed by atoms with Crippen molar-refractivity contribution in [1.82, 2.24) is 9.97 Å². The Morgan fingerprint density at radius 3 is 2.04 bits per heavy atom. The number of hydrogen-bond donors (Lipinski definition) is 0. The molecule has 0 N–H and O–H groups in total. The Kier molecular flexibility index (Phi) is 4.11. The molecule has 0 radical (unpaired) electrons. The first-order chi connectivity index (χ1) is 13.1. The van der Waals surface area contributed by atoms with Crippen LogP contribution in [0.3, 0.4) is 0 Å². The lowest BCUT2D eigenvalue weighted by Gasteiger charge is -2.28. The molecule has 0 fully saturated rings. The highest BCUT2D eigenvalue weighted by Crippen LogP contribution is 2.51. The fourth-order valence-electron chi connectivity index (χ4n) is 3.81. The van der Waals surface area contributed by atoms with Crippen LogP contribution in [0.15, 0.2) is 48.5 Å². The van der Waals surface area contributed by atoms with E-state index in [0.29, 0.717) is 16.9 Å². The Hall–Kier alpha value is -3.28. The molecule has 0 atom stereocenters. The zero-order chi connectivity index (χ0) is 19.0. The molecule has 1 heterocycles. The SMILES string of the molecule is COC(=O)CC1(CC(=O)OC)c2ccccc2-c2nc3ccccc3nc21. The van der Waals surface area contributed by atoms with E-state index in [1.54, 1.807) is 0 Å². The Labute approximate surface area is 156 Å². The number of hydrogen-bond acceptors (Lipinski definition) is 6. The van der Waals surface area contributed by atoms with E-state index in [2.05, 4.69) is 0 Å². The van der Waals surface area contributed by atoms with E-state index >= 15 is 0 Å². The van der Waals surface area contributed by atoms with Crippen LogP contribution in [-0.4, -0.2) is 36.1 Å². The third kappa shape index (κ3) is 2.65. The summed E-state index contributed by atoms with van der Waals surface area (Å²) in [7, 11) is 2.67. The van der Waals surface area contributed by atoms with Crippen LogP contribution in [0.1, 0.15) is 24.1 Å². The minimum atomic E-state index is -0.969. The quantitative estimate of drug-likeness (QED) is 0.664. The van der Waals surface area contributed by atoms with E-state index < -0.39 is 17.4 Å². The number of carbonyl (C=O) groups is 2. The Balaban J connectivity index is 2.04. The summed E-state index contributed by atoms with van der Waals surface area (Å²) < 4.78 is 9.86. The summed E-state index contributed by atoms with van der Waals surface area (Å²) in [6.07, 6.45) is -0.0364. The first-order valence-electron chi connectivity index (χ1n) is 8.60. The third-order valence-electron chi connectivity index (χ3n) is 5.07. The Morgan fingerprint density at radius 1 is 0.852 bits per heavy atom. The van der Waals surface area contributed by atoms with Gasteiger partial charge in [0.1, 0.15) is 0 Å². The molecule has 0 amide bonds. The van der Waals surface area contributed by atoms with Gasteiger partial charge < -0.3 is 9.47 Å². The molecule has 0 aliphatic heterocycles. The molecule has 4 rings (SSSR count). The minimum absolute atomic E-state index is 0.0182. The molecular formula is C21H18N2O4. The zero-order valence-corrected chi connectivity index (χ0v) is 15.1. The number of rotatable bonds is 4. The van der Waals surface area contributed by atoms with Crippen LogP contribution in [0.25, 0.3) is 22.3 Å². The molecule has 2 aromatic carbocycles. The zero-order valence-electron chi connectivity index (χ0n) is 15.1. The van der Waals surface area contributed by atoms with Crippen molar-refractivity contribution in [3.8, 4) is 11.3 Å². The van der Waals surface area contributed by atoms with Gasteiger partial charge in [0.05, 0.1) is 54.9 Å². The maximum absolute atomic E-state index is 12.3. The molecule has 0 saturated heterocycles. The van der Waals surface area contributed by atoms with Crippen molar-refractivity contribution < 1.29 is 19.1 Å². The fraction of sp³-hybridized carbons (Fsp3) is 0.238. The van der Waals surface area contributed by atoms with Gasteiger partial charge in [-0.1, -0.05) is 36.4 Å². The van der Waals surface area contributed by atoms with Gasteiger partial charge in [-0.2, -0.15) is 0 Å². The molecule has 1 aliphatic carbocycles. The fourth-order valence-corrected chi connectivity index (χ4v) is 3.81. The van der Waals surface area contributed by atoms with Crippen molar-refractivity contribution in [2.24, 2.45) is 0 Å². The van der Waals surface area contributed by atoms with Crippen LogP contribution < -0.4 is 0 Å². The lowest BCUT2D eigenvalue weighted by molar-refractivity contribution is -0.144. The van der Waals surface area contributed by atoms with Gasteiger partial charge in [-0.3, -0.25) is 9.59 Å². The summed E-state index contributed by atoms with van der Waals surface area (Å²) in [4.78, 5) is 34.2. The van der Waals surface area contributed by atoms with E-state index in [-0.39, 0.29) is 12.8 Å². The van der Waals surface area contributed by atoms with Crippen LogP contribution in [0.2, 0.25) is 0 Å². The molecule has 0 spiro atoms. The average molecular weight is 362 g/mol. The standard InChI is InChI=1S/C21H18N2O4/c1-26-17(24)11-21(12-18(25)27-2)14-8-4-3-7-13(14)19-20(21)23-16-10-6-5-9-15(16)22-19/h3-10H,11-12H2,1-2H3. The molecule has 0 saturated carbocycles. The number of carbonyl (C=O) groups excluding carboxylic acids is 2. The number of ether oxygens (including phenoxy) is 2. The normalized spacial score (nSPS) is 13.7. The van der Waals surface area contributed by atoms with Gasteiger partial charge in [0.25, 0.3) is 0 Å². The average Bonchev–Trinajstić information content (AvgIpc) is 2.95. The van der Waals surface area contributed by atoms with E-state index in [0.717, 1.165) is 16.6 Å². The van der Waals surface area contributed by atoms with Gasteiger partial charge in [0, 0.05) is 5.56 Å². The summed E-state index contributed by atoms with van der Waals surface area (Å²) in [5.41, 5.74) is 3.52. The predicted octanol–water partition coefficient (Wildman–Crippen LogP) is 3.02. The second kappa shape index (κ2) is 6.46. The molecule has 6 heteroatoms. The number of benzene rings is 2. The number of nitrogens with zero attached hydrogens (tertiary/aromatic N) is 2. The van der Waals surface area contributed by atoms with Gasteiger partial charge in [-0.15, -0.1) is 0 Å². The van der Waals surface area contributed by atoms with Gasteiger partial charge in [0.2, 0.25) is 0 Å². The summed E-state index contributed by atoms with van der Waals surface area (Å²) in [5.74, 6) is -0.840. The lowest BCUT2D eigenvalue weighted by Crippen LogP contribution is -2.33. The first kappa shape index (κ1) is 17.1. The van der Waals surface area contributed by atoms with E-state index in [1.807, 2.05) is 48.5 Å². The molecule has 3 aromatic rings. The molecule has 1 aromatic heterocycles. The highest BCUT2D eigenvalue weighted by Gasteiger charge is 2.49. The number of esters is 2. The summed E-state index contributed by atoms with van der Waals surface area (Å²) in [6.45, 7) is 0. The van der Waals surface area contributed by atoms with Crippen molar-refractivity contribution in [1.29, 1.82) is 0 Å². The summed E-state index contributed by atoms with van der Waals surface area (Å²) in [6, 6.07) is 15.2. The smallest absolute Gasteiger partial charge is 0.306 e. The third-order valence-corrected chi connectivity index (χ3v) is 5.07. The molecule has 0 unspecified atom stereocenters. The molecule has 1 aliphatic rings. The topological polar surface area (TPSA) is 78.4 Å². The predicted molar refractivity (Wildman–Crippen MR) is 99.0 cm³/mol. The lowest BCUT2D eigenvalue weighted by atomic mass is 9.75. The number of para-hydroxylation sites is 2. The Morgan fingerprint density at radius 2 is 1.41 bits per heavy atom. The van der Waals surface area contributed by atoms with Crippen LogP contribution in [0.5, 0.6) is 0 Å². The molecule has 136 valence electrons. The van der Waals surface area contributed by atoms with E-state index in [1.165, 1.54) is 14.2 Å². The maximum atomic E-state index is 12.3. The van der Waals surface area contributed by atoms with Gasteiger partial charge in [0.15, 0.2) is 0 Å². The number of fused-ring (bicyclic) bond motifs is 4. The van der Waals surface area contributed by atoms with Crippen molar-refractivity contribution in [3.63, 3.8) is 0 Å². The second-order valence-electron chi connectivity index (χ2n) is 6.54. The highest BCUT2D eigenvalue weighted by molar-refractivity contribution is 5.88. The molecular weight excluding hydrogens is 344 g/mol. The van der Waals surface area contributed by atoms with Crippen molar-refractivity contribution in [3.05, 3.63) is 59.8 Å². The highest BCUT2D eigenvalue weighted by atomic mass is 16.5. The molecule has 27 heavy (non-hydrogen) atoms. The van der Waals surface area contributed by atoms with E-state index in [4.69, 9.17) is 19.4 Å². The largest absolute Gasteiger partial charge is 0.469 e. The summed E-state index contributed by atoms with van der Waals surface area (Å²) in [5, 5.41) is 0. The van der Waals surface area contributed by atoms with Gasteiger partial charge in [-0.25, -0.2) is 9.97 Å². The number of methoxy groups -OCH3 is 2. The monoisotopic (exact) mass is 362 g/mol. The maximum Gasteiger partial charge on any atom is 0.306 e. The molecule has 6 nitrogen and oxygen atoms in total. The first-order valence-corrected chi connectivity index (χ1v) is 8.60. The van der Waals surface area contributed by atoms with Crippen molar-refractivity contribution >= 4 is 23.0 Å². The van der Waals surface area contributed by atoms with Gasteiger partial charge in [-0.05, 0) is 17.7 Å². The van der Waals surface area contributed by atoms with Crippen LogP contribution >= 0.6 is 0 Å². The molecule has 0 bridgehead atoms. The summed E-state index contributed by atoms with van der Waals surface area (Å²) >= 11 is 0. The van der Waals surface area contributed by atoms with Crippen LogP contribution in [-0.2, 0) is 24.5 Å². The minimum Gasteiger partial charge on any atom is -0.469 e. The van der Waals surface area contributed by atoms with Crippen molar-refractivity contribution in [2.75, 3.05) is 14.2 Å². The Bertz CT molecular complexity index is 1040. The van der Waals surface area contributed by atoms with E-state index in [9.17, 15) is 9.59 Å². The second-order valence-corrected chi connectivity index (χ2v) is 6.54. The van der Waals surface area contributed by atoms with Crippen molar-refractivity contribution in [2.45, 2.75) is 18.3 Å². The van der Waals surface area contributed by atoms with Crippen LogP contribution in [0, 0.1) is 0 Å².